The Morgan fingerprint density at radius 2 is 1.78 bits per heavy atom. The number of benzene rings is 3. The average molecular weight is 396 g/mol. The van der Waals surface area contributed by atoms with Crippen molar-refractivity contribution in [3.8, 4) is 5.75 Å². The Hall–Kier alpha value is -2.89. The molecule has 0 amide bonds. The molecule has 2 N–H and O–H groups in total. The number of para-hydroxylation sites is 1. The Bertz CT molecular complexity index is 914. The molecule has 0 bridgehead atoms. The fraction of sp³-hybridized carbons (Fsp3) is 0.0476. The summed E-state index contributed by atoms with van der Waals surface area (Å²) in [5.41, 5.74) is 5.66. The minimum atomic E-state index is 0.424. The lowest BCUT2D eigenvalue weighted by Crippen LogP contribution is -2.23. The van der Waals surface area contributed by atoms with Gasteiger partial charge >= 0.3 is 0 Å². The molecule has 3 aromatic rings. The maximum Gasteiger partial charge on any atom is 0.191 e. The van der Waals surface area contributed by atoms with Gasteiger partial charge in [0.1, 0.15) is 12.4 Å². The molecule has 0 radical (unpaired) electrons. The van der Waals surface area contributed by atoms with E-state index in [1.54, 1.807) is 6.21 Å². The molecule has 136 valence electrons. The molecule has 3 aromatic carbocycles. The van der Waals surface area contributed by atoms with Gasteiger partial charge in [0.15, 0.2) is 5.11 Å². The minimum Gasteiger partial charge on any atom is -0.489 e. The fourth-order valence-electron chi connectivity index (χ4n) is 2.28. The SMILES string of the molecule is S=C(N/N=C\c1cccc(OCc2ccc(Cl)cc2)c1)Nc1ccccc1. The van der Waals surface area contributed by atoms with Gasteiger partial charge in [-0.25, -0.2) is 0 Å². The molecule has 0 aliphatic heterocycles. The number of hydrogen-bond donors (Lipinski definition) is 2. The van der Waals surface area contributed by atoms with Gasteiger partial charge in [-0.05, 0) is 59.7 Å². The number of thiocarbonyl (C=S) groups is 1. The summed E-state index contributed by atoms with van der Waals surface area (Å²) in [5.74, 6) is 0.763. The van der Waals surface area contributed by atoms with Gasteiger partial charge in [-0.2, -0.15) is 5.10 Å². The summed E-state index contributed by atoms with van der Waals surface area (Å²) in [5, 5.41) is 8.35. The van der Waals surface area contributed by atoms with Crippen molar-refractivity contribution in [1.29, 1.82) is 0 Å². The summed E-state index contributed by atoms with van der Waals surface area (Å²) in [4.78, 5) is 0. The van der Waals surface area contributed by atoms with Crippen LogP contribution in [0.4, 0.5) is 5.69 Å². The summed E-state index contributed by atoms with van der Waals surface area (Å²) in [6, 6.07) is 24.9. The molecule has 27 heavy (non-hydrogen) atoms. The molecule has 0 fully saturated rings. The van der Waals surface area contributed by atoms with Gasteiger partial charge in [-0.3, -0.25) is 5.43 Å². The second kappa shape index (κ2) is 9.71. The van der Waals surface area contributed by atoms with E-state index in [9.17, 15) is 0 Å². The number of hydrogen-bond acceptors (Lipinski definition) is 3. The quantitative estimate of drug-likeness (QED) is 0.340. The van der Waals surface area contributed by atoms with Crippen LogP contribution in [-0.2, 0) is 6.61 Å². The third kappa shape index (κ3) is 6.40. The Morgan fingerprint density at radius 1 is 1.00 bits per heavy atom. The molecule has 0 spiro atoms. The standard InChI is InChI=1S/C21H18ClN3OS/c22-18-11-9-16(10-12-18)15-26-20-8-4-5-17(13-20)14-23-25-21(27)24-19-6-2-1-3-7-19/h1-14H,15H2,(H2,24,25,27)/b23-14-. The summed E-state index contributed by atoms with van der Waals surface area (Å²) in [6.45, 7) is 0.473. The van der Waals surface area contributed by atoms with Gasteiger partial charge in [-0.1, -0.05) is 54.1 Å². The zero-order valence-electron chi connectivity index (χ0n) is 14.4. The van der Waals surface area contributed by atoms with Crippen LogP contribution in [0.5, 0.6) is 5.75 Å². The largest absolute Gasteiger partial charge is 0.489 e. The highest BCUT2D eigenvalue weighted by Gasteiger charge is 1.98. The van der Waals surface area contributed by atoms with E-state index in [4.69, 9.17) is 28.6 Å². The van der Waals surface area contributed by atoms with Crippen molar-refractivity contribution in [3.63, 3.8) is 0 Å². The zero-order valence-corrected chi connectivity index (χ0v) is 16.0. The van der Waals surface area contributed by atoms with Gasteiger partial charge in [0.25, 0.3) is 0 Å². The molecule has 0 heterocycles. The van der Waals surface area contributed by atoms with Crippen LogP contribution in [0.25, 0.3) is 0 Å². The molecule has 0 unspecified atom stereocenters. The second-order valence-electron chi connectivity index (χ2n) is 5.68. The van der Waals surface area contributed by atoms with Crippen LogP contribution >= 0.6 is 23.8 Å². The van der Waals surface area contributed by atoms with E-state index in [1.807, 2.05) is 78.9 Å². The molecule has 0 aliphatic carbocycles. The molecule has 0 aromatic heterocycles. The molecular formula is C21H18ClN3OS. The lowest BCUT2D eigenvalue weighted by molar-refractivity contribution is 0.306. The molecular weight excluding hydrogens is 378 g/mol. The van der Waals surface area contributed by atoms with Gasteiger partial charge < -0.3 is 10.1 Å². The highest BCUT2D eigenvalue weighted by molar-refractivity contribution is 7.80. The minimum absolute atomic E-state index is 0.424. The van der Waals surface area contributed by atoms with Crippen molar-refractivity contribution in [2.45, 2.75) is 6.61 Å². The van der Waals surface area contributed by atoms with Gasteiger partial charge in [0, 0.05) is 10.7 Å². The zero-order chi connectivity index (χ0) is 18.9. The van der Waals surface area contributed by atoms with Crippen molar-refractivity contribution >= 4 is 40.8 Å². The van der Waals surface area contributed by atoms with E-state index >= 15 is 0 Å². The van der Waals surface area contributed by atoms with E-state index in [0.29, 0.717) is 16.7 Å². The van der Waals surface area contributed by atoms with Crippen molar-refractivity contribution in [1.82, 2.24) is 5.43 Å². The number of nitrogens with one attached hydrogen (secondary N) is 2. The maximum absolute atomic E-state index is 5.89. The first kappa shape index (κ1) is 18.9. The predicted molar refractivity (Wildman–Crippen MR) is 116 cm³/mol. The van der Waals surface area contributed by atoms with E-state index in [2.05, 4.69) is 15.8 Å². The molecule has 6 heteroatoms. The van der Waals surface area contributed by atoms with Crippen LogP contribution in [0, 0.1) is 0 Å². The molecule has 3 rings (SSSR count). The highest BCUT2D eigenvalue weighted by atomic mass is 35.5. The van der Waals surface area contributed by atoms with E-state index in [0.717, 1.165) is 22.6 Å². The van der Waals surface area contributed by atoms with Crippen molar-refractivity contribution < 1.29 is 4.74 Å². The third-order valence-corrected chi connectivity index (χ3v) is 4.03. The van der Waals surface area contributed by atoms with Crippen LogP contribution < -0.4 is 15.5 Å². The summed E-state index contributed by atoms with van der Waals surface area (Å²) >= 11 is 11.1. The van der Waals surface area contributed by atoms with Crippen LogP contribution in [0.15, 0.2) is 84.0 Å². The number of ether oxygens (including phenoxy) is 1. The number of halogens is 1. The van der Waals surface area contributed by atoms with Gasteiger partial charge in [0.05, 0.1) is 6.21 Å². The van der Waals surface area contributed by atoms with Crippen LogP contribution in [-0.4, -0.2) is 11.3 Å². The third-order valence-electron chi connectivity index (χ3n) is 3.59. The smallest absolute Gasteiger partial charge is 0.191 e. The van der Waals surface area contributed by atoms with Crippen LogP contribution in [0.2, 0.25) is 5.02 Å². The lowest BCUT2D eigenvalue weighted by atomic mass is 10.2. The molecule has 0 atom stereocenters. The lowest BCUT2D eigenvalue weighted by Gasteiger charge is -2.07. The number of rotatable bonds is 6. The molecule has 0 saturated carbocycles. The highest BCUT2D eigenvalue weighted by Crippen LogP contribution is 2.15. The Labute approximate surface area is 168 Å². The number of hydrazone groups is 1. The van der Waals surface area contributed by atoms with Crippen LogP contribution in [0.1, 0.15) is 11.1 Å². The summed E-state index contributed by atoms with van der Waals surface area (Å²) < 4.78 is 5.82. The van der Waals surface area contributed by atoms with E-state index in [1.165, 1.54) is 0 Å². The van der Waals surface area contributed by atoms with E-state index < -0.39 is 0 Å². The van der Waals surface area contributed by atoms with Crippen molar-refractivity contribution in [3.05, 3.63) is 95.0 Å². The Kier molecular flexibility index (Phi) is 6.79. The van der Waals surface area contributed by atoms with Gasteiger partial charge in [0.2, 0.25) is 0 Å². The first-order chi connectivity index (χ1) is 13.2. The second-order valence-corrected chi connectivity index (χ2v) is 6.52. The summed E-state index contributed by atoms with van der Waals surface area (Å²) in [6.07, 6.45) is 1.69. The molecule has 4 nitrogen and oxygen atoms in total. The monoisotopic (exact) mass is 395 g/mol. The first-order valence-electron chi connectivity index (χ1n) is 8.31. The number of anilines is 1. The van der Waals surface area contributed by atoms with Crippen molar-refractivity contribution in [2.24, 2.45) is 5.10 Å². The van der Waals surface area contributed by atoms with Crippen molar-refractivity contribution in [2.75, 3.05) is 5.32 Å². The topological polar surface area (TPSA) is 45.7 Å². The predicted octanol–water partition coefficient (Wildman–Crippen LogP) is 5.24. The average Bonchev–Trinajstić information content (AvgIpc) is 2.69. The summed E-state index contributed by atoms with van der Waals surface area (Å²) in [7, 11) is 0. The molecule has 0 aliphatic rings. The Balaban J connectivity index is 1.51. The molecule has 0 saturated heterocycles. The van der Waals surface area contributed by atoms with E-state index in [-0.39, 0.29) is 0 Å². The number of nitrogens with zero attached hydrogens (tertiary/aromatic N) is 1. The normalized spacial score (nSPS) is 10.6. The fourth-order valence-corrected chi connectivity index (χ4v) is 2.57. The maximum atomic E-state index is 5.89. The Morgan fingerprint density at radius 3 is 2.56 bits per heavy atom. The first-order valence-corrected chi connectivity index (χ1v) is 9.10. The van der Waals surface area contributed by atoms with Crippen LogP contribution in [0.3, 0.4) is 0 Å². The van der Waals surface area contributed by atoms with Gasteiger partial charge in [-0.15, -0.1) is 0 Å².